The Morgan fingerprint density at radius 3 is 2.76 bits per heavy atom. The number of nitrogens with one attached hydrogen (secondary N) is 2. The van der Waals surface area contributed by atoms with Crippen LogP contribution in [0.2, 0.25) is 0 Å². The number of rotatable bonds is 5. The molecule has 1 heterocycles. The van der Waals surface area contributed by atoms with E-state index in [0.29, 0.717) is 6.54 Å². The Bertz CT molecular complexity index is 707. The molecule has 3 aromatic rings. The summed E-state index contributed by atoms with van der Waals surface area (Å²) in [6.45, 7) is 0.702. The number of H-pyrrole nitrogens is 1. The number of methoxy groups -OCH3 is 1. The molecule has 2 aromatic carbocycles. The lowest BCUT2D eigenvalue weighted by Crippen LogP contribution is -2.00. The third-order valence-corrected chi connectivity index (χ3v) is 3.33. The second-order valence-electron chi connectivity index (χ2n) is 4.72. The minimum Gasteiger partial charge on any atom is -0.497 e. The lowest BCUT2D eigenvalue weighted by Gasteiger charge is -2.08. The summed E-state index contributed by atoms with van der Waals surface area (Å²) in [6, 6.07) is 18.1. The van der Waals surface area contributed by atoms with Gasteiger partial charge in [0.15, 0.2) is 0 Å². The van der Waals surface area contributed by atoms with Crippen LogP contribution in [0.4, 0.5) is 5.69 Å². The number of anilines is 1. The molecule has 0 fully saturated rings. The first-order valence-electron chi connectivity index (χ1n) is 6.82. The Morgan fingerprint density at radius 1 is 1.10 bits per heavy atom. The molecular formula is C17H17N3O. The zero-order chi connectivity index (χ0) is 14.5. The molecule has 4 nitrogen and oxygen atoms in total. The van der Waals surface area contributed by atoms with Gasteiger partial charge in [0, 0.05) is 23.9 Å². The Morgan fingerprint density at radius 2 is 1.95 bits per heavy atom. The third kappa shape index (κ3) is 3.05. The zero-order valence-electron chi connectivity index (χ0n) is 11.8. The maximum Gasteiger partial charge on any atom is 0.120 e. The average Bonchev–Trinajstić information content (AvgIpc) is 3.02. The first-order valence-corrected chi connectivity index (χ1v) is 6.82. The van der Waals surface area contributed by atoms with Gasteiger partial charge in [-0.25, -0.2) is 0 Å². The fourth-order valence-electron chi connectivity index (χ4n) is 2.23. The van der Waals surface area contributed by atoms with Gasteiger partial charge >= 0.3 is 0 Å². The van der Waals surface area contributed by atoms with Crippen LogP contribution in [0.3, 0.4) is 0 Å². The largest absolute Gasteiger partial charge is 0.497 e. The monoisotopic (exact) mass is 279 g/mol. The van der Waals surface area contributed by atoms with Crippen LogP contribution in [-0.2, 0) is 6.54 Å². The summed E-state index contributed by atoms with van der Waals surface area (Å²) in [6.07, 6.45) is 1.86. The highest BCUT2D eigenvalue weighted by Gasteiger charge is 2.07. The van der Waals surface area contributed by atoms with E-state index in [2.05, 4.69) is 27.6 Å². The average molecular weight is 279 g/mol. The molecule has 0 atom stereocenters. The van der Waals surface area contributed by atoms with E-state index in [-0.39, 0.29) is 0 Å². The summed E-state index contributed by atoms with van der Waals surface area (Å²) in [5, 5.41) is 10.6. The van der Waals surface area contributed by atoms with E-state index < -0.39 is 0 Å². The Labute approximate surface area is 123 Å². The predicted molar refractivity (Wildman–Crippen MR) is 84.3 cm³/mol. The van der Waals surface area contributed by atoms with Crippen LogP contribution in [0.5, 0.6) is 5.75 Å². The smallest absolute Gasteiger partial charge is 0.120 e. The van der Waals surface area contributed by atoms with Gasteiger partial charge in [-0.3, -0.25) is 5.10 Å². The van der Waals surface area contributed by atoms with E-state index in [1.807, 2.05) is 48.7 Å². The molecule has 0 amide bonds. The standard InChI is InChI=1S/C17H17N3O/c1-21-16-9-5-8-15(10-16)18-11-14-12-19-20-17(14)13-6-3-2-4-7-13/h2-10,12,18H,11H2,1H3,(H,19,20). The van der Waals surface area contributed by atoms with Crippen LogP contribution in [-0.4, -0.2) is 17.3 Å². The minimum atomic E-state index is 0.702. The number of benzene rings is 2. The molecule has 0 unspecified atom stereocenters. The second-order valence-corrected chi connectivity index (χ2v) is 4.72. The molecule has 0 saturated heterocycles. The first kappa shape index (κ1) is 13.2. The van der Waals surface area contributed by atoms with Crippen LogP contribution in [0.15, 0.2) is 60.8 Å². The van der Waals surface area contributed by atoms with Gasteiger partial charge in [0.1, 0.15) is 5.75 Å². The number of aromatic nitrogens is 2. The lowest BCUT2D eigenvalue weighted by molar-refractivity contribution is 0.415. The van der Waals surface area contributed by atoms with Gasteiger partial charge in [-0.2, -0.15) is 5.10 Å². The molecule has 106 valence electrons. The van der Waals surface area contributed by atoms with Crippen LogP contribution < -0.4 is 10.1 Å². The normalized spacial score (nSPS) is 10.3. The van der Waals surface area contributed by atoms with Crippen LogP contribution in [0.25, 0.3) is 11.3 Å². The maximum absolute atomic E-state index is 5.23. The van der Waals surface area contributed by atoms with E-state index in [9.17, 15) is 0 Å². The van der Waals surface area contributed by atoms with Gasteiger partial charge in [0.25, 0.3) is 0 Å². The molecule has 0 spiro atoms. The highest BCUT2D eigenvalue weighted by atomic mass is 16.5. The van der Waals surface area contributed by atoms with Crippen molar-refractivity contribution in [3.05, 3.63) is 66.4 Å². The SMILES string of the molecule is COc1cccc(NCc2cn[nH]c2-c2ccccc2)c1. The van der Waals surface area contributed by atoms with Gasteiger partial charge in [-0.1, -0.05) is 36.4 Å². The quantitative estimate of drug-likeness (QED) is 0.748. The fraction of sp³-hybridized carbons (Fsp3) is 0.118. The van der Waals surface area contributed by atoms with Crippen molar-refractivity contribution in [2.45, 2.75) is 6.54 Å². The number of hydrogen-bond acceptors (Lipinski definition) is 3. The van der Waals surface area contributed by atoms with Crippen molar-refractivity contribution in [1.29, 1.82) is 0 Å². The van der Waals surface area contributed by atoms with Crippen molar-refractivity contribution >= 4 is 5.69 Å². The number of hydrogen-bond donors (Lipinski definition) is 2. The number of ether oxygens (including phenoxy) is 1. The van der Waals surface area contributed by atoms with Crippen molar-refractivity contribution in [2.24, 2.45) is 0 Å². The number of nitrogens with zero attached hydrogens (tertiary/aromatic N) is 1. The van der Waals surface area contributed by atoms with Gasteiger partial charge in [-0.05, 0) is 17.7 Å². The van der Waals surface area contributed by atoms with Crippen LogP contribution >= 0.6 is 0 Å². The van der Waals surface area contributed by atoms with Crippen molar-refractivity contribution in [3.63, 3.8) is 0 Å². The molecule has 0 aliphatic rings. The van der Waals surface area contributed by atoms with E-state index in [1.165, 1.54) is 0 Å². The Kier molecular flexibility index (Phi) is 3.87. The Balaban J connectivity index is 1.76. The molecule has 3 rings (SSSR count). The molecule has 1 aromatic heterocycles. The molecule has 21 heavy (non-hydrogen) atoms. The van der Waals surface area contributed by atoms with Crippen molar-refractivity contribution in [1.82, 2.24) is 10.2 Å². The summed E-state index contributed by atoms with van der Waals surface area (Å²) in [5.74, 6) is 0.843. The third-order valence-electron chi connectivity index (χ3n) is 3.33. The summed E-state index contributed by atoms with van der Waals surface area (Å²) >= 11 is 0. The van der Waals surface area contributed by atoms with Crippen molar-refractivity contribution in [2.75, 3.05) is 12.4 Å². The van der Waals surface area contributed by atoms with E-state index in [0.717, 1.165) is 28.3 Å². The maximum atomic E-state index is 5.23. The summed E-state index contributed by atoms with van der Waals surface area (Å²) in [5.41, 5.74) is 4.34. The molecule has 4 heteroatoms. The molecule has 0 bridgehead atoms. The van der Waals surface area contributed by atoms with Gasteiger partial charge < -0.3 is 10.1 Å². The van der Waals surface area contributed by atoms with E-state index >= 15 is 0 Å². The van der Waals surface area contributed by atoms with Crippen LogP contribution in [0, 0.1) is 0 Å². The molecular weight excluding hydrogens is 262 g/mol. The lowest BCUT2D eigenvalue weighted by atomic mass is 10.1. The molecule has 0 aliphatic heterocycles. The summed E-state index contributed by atoms with van der Waals surface area (Å²) < 4.78 is 5.23. The highest BCUT2D eigenvalue weighted by Crippen LogP contribution is 2.22. The Hall–Kier alpha value is -2.75. The zero-order valence-corrected chi connectivity index (χ0v) is 11.8. The van der Waals surface area contributed by atoms with Crippen LogP contribution in [0.1, 0.15) is 5.56 Å². The first-order chi connectivity index (χ1) is 10.4. The highest BCUT2D eigenvalue weighted by molar-refractivity contribution is 5.63. The predicted octanol–water partition coefficient (Wildman–Crippen LogP) is 3.70. The van der Waals surface area contributed by atoms with Gasteiger partial charge in [0.2, 0.25) is 0 Å². The second kappa shape index (κ2) is 6.13. The molecule has 2 N–H and O–H groups in total. The fourth-order valence-corrected chi connectivity index (χ4v) is 2.23. The van der Waals surface area contributed by atoms with E-state index in [4.69, 9.17) is 4.74 Å². The molecule has 0 saturated carbocycles. The topological polar surface area (TPSA) is 49.9 Å². The number of aromatic amines is 1. The summed E-state index contributed by atoms with van der Waals surface area (Å²) in [7, 11) is 1.67. The van der Waals surface area contributed by atoms with E-state index in [1.54, 1.807) is 7.11 Å². The van der Waals surface area contributed by atoms with Gasteiger partial charge in [-0.15, -0.1) is 0 Å². The molecule has 0 radical (unpaired) electrons. The van der Waals surface area contributed by atoms with Crippen molar-refractivity contribution < 1.29 is 4.74 Å². The minimum absolute atomic E-state index is 0.702. The summed E-state index contributed by atoms with van der Waals surface area (Å²) in [4.78, 5) is 0. The molecule has 0 aliphatic carbocycles. The van der Waals surface area contributed by atoms with Gasteiger partial charge in [0.05, 0.1) is 19.0 Å². The van der Waals surface area contributed by atoms with Crippen molar-refractivity contribution in [3.8, 4) is 17.0 Å².